The normalized spacial score (nSPS) is 18.7. The van der Waals surface area contributed by atoms with E-state index in [-0.39, 0.29) is 0 Å². The van der Waals surface area contributed by atoms with Crippen LogP contribution in [0.1, 0.15) is 16.8 Å². The van der Waals surface area contributed by atoms with Crippen molar-refractivity contribution in [3.8, 4) is 0 Å². The van der Waals surface area contributed by atoms with E-state index in [1.54, 1.807) is 0 Å². The molecule has 2 aromatic rings. The maximum atomic E-state index is 5.41. The van der Waals surface area contributed by atoms with Gasteiger partial charge in [0.2, 0.25) is 5.95 Å². The summed E-state index contributed by atoms with van der Waals surface area (Å²) in [4.78, 5) is 14.1. The molecule has 4 rings (SSSR count). The SMILES string of the molecule is c1ccc(CN2CCc3cnc(N4CCOCC4)nc3C2)cc1. The molecule has 3 heterocycles. The molecular formula is C18H22N4O. The molecule has 2 aliphatic heterocycles. The largest absolute Gasteiger partial charge is 0.378 e. The van der Waals surface area contributed by atoms with Crippen molar-refractivity contribution in [3.63, 3.8) is 0 Å². The second kappa shape index (κ2) is 6.64. The molecule has 1 fully saturated rings. The van der Waals surface area contributed by atoms with Crippen LogP contribution in [0.5, 0.6) is 0 Å². The van der Waals surface area contributed by atoms with Gasteiger partial charge in [-0.25, -0.2) is 9.97 Å². The summed E-state index contributed by atoms with van der Waals surface area (Å²) in [6.07, 6.45) is 3.05. The van der Waals surface area contributed by atoms with E-state index in [0.717, 1.165) is 58.3 Å². The van der Waals surface area contributed by atoms with Gasteiger partial charge < -0.3 is 9.64 Å². The Balaban J connectivity index is 1.49. The summed E-state index contributed by atoms with van der Waals surface area (Å²) in [5, 5.41) is 0. The van der Waals surface area contributed by atoms with Crippen LogP contribution in [-0.2, 0) is 24.2 Å². The fourth-order valence-electron chi connectivity index (χ4n) is 3.24. The number of nitrogens with zero attached hydrogens (tertiary/aromatic N) is 4. The van der Waals surface area contributed by atoms with Gasteiger partial charge in [0, 0.05) is 38.9 Å². The van der Waals surface area contributed by atoms with Crippen LogP contribution in [0.4, 0.5) is 5.95 Å². The zero-order chi connectivity index (χ0) is 15.5. The maximum Gasteiger partial charge on any atom is 0.225 e. The van der Waals surface area contributed by atoms with Crippen LogP contribution in [0.2, 0.25) is 0 Å². The standard InChI is InChI=1S/C18H22N4O/c1-2-4-15(5-3-1)13-21-7-6-16-12-19-18(20-17(16)14-21)22-8-10-23-11-9-22/h1-5,12H,6-11,13-14H2. The van der Waals surface area contributed by atoms with Crippen molar-refractivity contribution in [1.29, 1.82) is 0 Å². The molecule has 5 nitrogen and oxygen atoms in total. The molecule has 5 heteroatoms. The highest BCUT2D eigenvalue weighted by Gasteiger charge is 2.21. The van der Waals surface area contributed by atoms with Crippen molar-refractivity contribution in [2.75, 3.05) is 37.7 Å². The smallest absolute Gasteiger partial charge is 0.225 e. The molecule has 0 saturated carbocycles. The minimum Gasteiger partial charge on any atom is -0.378 e. The summed E-state index contributed by atoms with van der Waals surface area (Å²) in [6, 6.07) is 10.7. The van der Waals surface area contributed by atoms with Gasteiger partial charge in [-0.3, -0.25) is 4.90 Å². The van der Waals surface area contributed by atoms with Gasteiger partial charge in [-0.05, 0) is 17.5 Å². The predicted molar refractivity (Wildman–Crippen MR) is 89.3 cm³/mol. The van der Waals surface area contributed by atoms with E-state index < -0.39 is 0 Å². The summed E-state index contributed by atoms with van der Waals surface area (Å²) in [7, 11) is 0. The number of hydrogen-bond donors (Lipinski definition) is 0. The quantitative estimate of drug-likeness (QED) is 0.866. The first-order valence-electron chi connectivity index (χ1n) is 8.32. The average molecular weight is 310 g/mol. The Kier molecular flexibility index (Phi) is 4.22. The number of fused-ring (bicyclic) bond motifs is 1. The number of ether oxygens (including phenoxy) is 1. The molecular weight excluding hydrogens is 288 g/mol. The highest BCUT2D eigenvalue weighted by atomic mass is 16.5. The molecule has 0 bridgehead atoms. The number of morpholine rings is 1. The molecule has 0 amide bonds. The van der Waals surface area contributed by atoms with E-state index in [4.69, 9.17) is 9.72 Å². The minimum atomic E-state index is 0.764. The second-order valence-electron chi connectivity index (χ2n) is 6.19. The van der Waals surface area contributed by atoms with E-state index in [1.807, 2.05) is 6.20 Å². The summed E-state index contributed by atoms with van der Waals surface area (Å²) < 4.78 is 5.41. The lowest BCUT2D eigenvalue weighted by Crippen LogP contribution is -2.38. The molecule has 0 N–H and O–H groups in total. The van der Waals surface area contributed by atoms with Crippen LogP contribution in [0.3, 0.4) is 0 Å². The lowest BCUT2D eigenvalue weighted by molar-refractivity contribution is 0.122. The zero-order valence-electron chi connectivity index (χ0n) is 13.3. The minimum absolute atomic E-state index is 0.764. The molecule has 120 valence electrons. The number of benzene rings is 1. The third-order valence-corrected chi connectivity index (χ3v) is 4.56. The molecule has 0 aliphatic carbocycles. The molecule has 0 atom stereocenters. The van der Waals surface area contributed by atoms with Crippen molar-refractivity contribution in [2.45, 2.75) is 19.5 Å². The van der Waals surface area contributed by atoms with E-state index >= 15 is 0 Å². The van der Waals surface area contributed by atoms with Crippen LogP contribution < -0.4 is 4.90 Å². The van der Waals surface area contributed by atoms with Gasteiger partial charge in [0.25, 0.3) is 0 Å². The van der Waals surface area contributed by atoms with Gasteiger partial charge >= 0.3 is 0 Å². The number of hydrogen-bond acceptors (Lipinski definition) is 5. The van der Waals surface area contributed by atoms with Gasteiger partial charge in [-0.1, -0.05) is 30.3 Å². The van der Waals surface area contributed by atoms with Crippen LogP contribution in [0.15, 0.2) is 36.5 Å². The lowest BCUT2D eigenvalue weighted by atomic mass is 10.1. The molecule has 1 aromatic heterocycles. The first-order chi connectivity index (χ1) is 11.4. The molecule has 1 aromatic carbocycles. The van der Waals surface area contributed by atoms with E-state index in [1.165, 1.54) is 16.8 Å². The van der Waals surface area contributed by atoms with Crippen LogP contribution in [0, 0.1) is 0 Å². The molecule has 2 aliphatic rings. The molecule has 0 spiro atoms. The van der Waals surface area contributed by atoms with E-state index in [9.17, 15) is 0 Å². The topological polar surface area (TPSA) is 41.5 Å². The van der Waals surface area contributed by atoms with Crippen molar-refractivity contribution >= 4 is 5.95 Å². The average Bonchev–Trinajstić information content (AvgIpc) is 2.63. The third-order valence-electron chi connectivity index (χ3n) is 4.56. The van der Waals surface area contributed by atoms with Crippen molar-refractivity contribution in [1.82, 2.24) is 14.9 Å². The highest BCUT2D eigenvalue weighted by molar-refractivity contribution is 5.34. The Morgan fingerprint density at radius 3 is 2.70 bits per heavy atom. The zero-order valence-corrected chi connectivity index (χ0v) is 13.3. The maximum absolute atomic E-state index is 5.41. The Bertz CT molecular complexity index is 655. The van der Waals surface area contributed by atoms with Gasteiger partial charge in [0.1, 0.15) is 0 Å². The Morgan fingerprint density at radius 1 is 1.04 bits per heavy atom. The number of rotatable bonds is 3. The first-order valence-corrected chi connectivity index (χ1v) is 8.32. The predicted octanol–water partition coefficient (Wildman–Crippen LogP) is 1.87. The molecule has 0 radical (unpaired) electrons. The van der Waals surface area contributed by atoms with E-state index in [0.29, 0.717) is 0 Å². The molecule has 23 heavy (non-hydrogen) atoms. The fourth-order valence-corrected chi connectivity index (χ4v) is 3.24. The fraction of sp³-hybridized carbons (Fsp3) is 0.444. The van der Waals surface area contributed by atoms with Crippen molar-refractivity contribution in [3.05, 3.63) is 53.3 Å². The highest BCUT2D eigenvalue weighted by Crippen LogP contribution is 2.21. The Hall–Kier alpha value is -1.98. The van der Waals surface area contributed by atoms with Gasteiger partial charge in [0.05, 0.1) is 18.9 Å². The summed E-state index contributed by atoms with van der Waals surface area (Å²) >= 11 is 0. The van der Waals surface area contributed by atoms with Crippen LogP contribution >= 0.6 is 0 Å². The van der Waals surface area contributed by atoms with Crippen molar-refractivity contribution < 1.29 is 4.74 Å². The van der Waals surface area contributed by atoms with Gasteiger partial charge in [-0.2, -0.15) is 0 Å². The summed E-state index contributed by atoms with van der Waals surface area (Å²) in [5.41, 5.74) is 3.84. The van der Waals surface area contributed by atoms with Gasteiger partial charge in [0.15, 0.2) is 0 Å². The first kappa shape index (κ1) is 14.6. The summed E-state index contributed by atoms with van der Waals surface area (Å²) in [5.74, 6) is 0.855. The van der Waals surface area contributed by atoms with E-state index in [2.05, 4.69) is 45.1 Å². The molecule has 0 unspecified atom stereocenters. The van der Waals surface area contributed by atoms with Crippen LogP contribution in [0.25, 0.3) is 0 Å². The monoisotopic (exact) mass is 310 g/mol. The third kappa shape index (κ3) is 3.35. The van der Waals surface area contributed by atoms with Gasteiger partial charge in [-0.15, -0.1) is 0 Å². The number of anilines is 1. The van der Waals surface area contributed by atoms with Crippen molar-refractivity contribution in [2.24, 2.45) is 0 Å². The summed E-state index contributed by atoms with van der Waals surface area (Å²) in [6.45, 7) is 6.25. The van der Waals surface area contributed by atoms with Crippen LogP contribution in [-0.4, -0.2) is 47.7 Å². The Labute approximate surface area is 136 Å². The molecule has 1 saturated heterocycles. The Morgan fingerprint density at radius 2 is 1.87 bits per heavy atom. The lowest BCUT2D eigenvalue weighted by Gasteiger charge is -2.30. The number of aromatic nitrogens is 2. The second-order valence-corrected chi connectivity index (χ2v) is 6.19.